The van der Waals surface area contributed by atoms with E-state index >= 15 is 0 Å². The van der Waals surface area contributed by atoms with Crippen LogP contribution in [-0.2, 0) is 4.79 Å². The average molecular weight is 360 g/mol. The van der Waals surface area contributed by atoms with Gasteiger partial charge >= 0.3 is 0 Å². The number of anilines is 1. The third-order valence-electron chi connectivity index (χ3n) is 3.30. The highest BCUT2D eigenvalue weighted by Crippen LogP contribution is 2.24. The summed E-state index contributed by atoms with van der Waals surface area (Å²) >= 11 is 7.34. The van der Waals surface area contributed by atoms with Crippen LogP contribution in [0.1, 0.15) is 15.4 Å². The summed E-state index contributed by atoms with van der Waals surface area (Å²) in [5, 5.41) is 6.87. The van der Waals surface area contributed by atoms with Crippen molar-refractivity contribution in [3.8, 4) is 0 Å². The highest BCUT2D eigenvalue weighted by molar-refractivity contribution is 7.18. The van der Waals surface area contributed by atoms with Crippen molar-refractivity contribution in [1.29, 1.82) is 0 Å². The minimum absolute atomic E-state index is 0.110. The van der Waals surface area contributed by atoms with E-state index in [1.807, 2.05) is 19.1 Å². The predicted octanol–water partition coefficient (Wildman–Crippen LogP) is 3.63. The van der Waals surface area contributed by atoms with Gasteiger partial charge in [-0.1, -0.05) is 11.6 Å². The number of fused-ring (bicyclic) bond motifs is 1. The molecule has 5 nitrogen and oxygen atoms in total. The number of rotatable bonds is 4. The van der Waals surface area contributed by atoms with E-state index in [0.717, 1.165) is 15.2 Å². The summed E-state index contributed by atoms with van der Waals surface area (Å²) in [4.78, 5) is 28.3. The average Bonchev–Trinajstić information content (AvgIpc) is 2.92. The summed E-state index contributed by atoms with van der Waals surface area (Å²) in [6.07, 6.45) is 0. The van der Waals surface area contributed by atoms with E-state index in [0.29, 0.717) is 16.3 Å². The number of thiazole rings is 1. The Balaban J connectivity index is 1.58. The zero-order valence-corrected chi connectivity index (χ0v) is 14.4. The van der Waals surface area contributed by atoms with Crippen LogP contribution in [0.4, 0.5) is 5.69 Å². The first kappa shape index (κ1) is 16.4. The molecule has 0 aliphatic rings. The number of amides is 2. The summed E-state index contributed by atoms with van der Waals surface area (Å²) in [5.41, 5.74) is 2.04. The van der Waals surface area contributed by atoms with Gasteiger partial charge in [0.2, 0.25) is 5.91 Å². The smallest absolute Gasteiger partial charge is 0.251 e. The molecule has 3 aromatic rings. The maximum absolute atomic E-state index is 12.0. The minimum Gasteiger partial charge on any atom is -0.343 e. The quantitative estimate of drug-likeness (QED) is 0.747. The number of aryl methyl sites for hydroxylation is 1. The molecule has 1 heterocycles. The number of nitrogens with one attached hydrogen (secondary N) is 2. The molecule has 7 heteroatoms. The molecule has 0 fully saturated rings. The second-order valence-electron chi connectivity index (χ2n) is 5.15. The molecule has 0 saturated heterocycles. The number of halogens is 1. The molecule has 0 aliphatic carbocycles. The first-order valence-electron chi connectivity index (χ1n) is 7.22. The highest BCUT2D eigenvalue weighted by Gasteiger charge is 2.09. The molecule has 3 rings (SSSR count). The van der Waals surface area contributed by atoms with Crippen LogP contribution in [-0.4, -0.2) is 23.3 Å². The van der Waals surface area contributed by atoms with Gasteiger partial charge in [0.25, 0.3) is 5.91 Å². The van der Waals surface area contributed by atoms with E-state index in [4.69, 9.17) is 11.6 Å². The number of aromatic nitrogens is 1. The van der Waals surface area contributed by atoms with Gasteiger partial charge in [0.1, 0.15) is 0 Å². The van der Waals surface area contributed by atoms with Crippen molar-refractivity contribution in [3.05, 3.63) is 58.1 Å². The fourth-order valence-electron chi connectivity index (χ4n) is 2.19. The summed E-state index contributed by atoms with van der Waals surface area (Å²) in [6.45, 7) is 1.83. The third kappa shape index (κ3) is 3.90. The Hall–Kier alpha value is -2.44. The second-order valence-corrected chi connectivity index (χ2v) is 6.82. The van der Waals surface area contributed by atoms with Crippen LogP contribution in [0, 0.1) is 6.92 Å². The van der Waals surface area contributed by atoms with E-state index < -0.39 is 0 Å². The molecule has 0 aliphatic heterocycles. The summed E-state index contributed by atoms with van der Waals surface area (Å²) in [5.74, 6) is -0.617. The molecule has 0 unspecified atom stereocenters. The van der Waals surface area contributed by atoms with E-state index in [2.05, 4.69) is 15.6 Å². The van der Waals surface area contributed by atoms with Crippen molar-refractivity contribution in [2.75, 3.05) is 11.9 Å². The Morgan fingerprint density at radius 2 is 1.92 bits per heavy atom. The van der Waals surface area contributed by atoms with Crippen LogP contribution in [0.5, 0.6) is 0 Å². The van der Waals surface area contributed by atoms with Crippen LogP contribution in [0.3, 0.4) is 0 Å². The first-order valence-corrected chi connectivity index (χ1v) is 8.41. The Kier molecular flexibility index (Phi) is 4.78. The van der Waals surface area contributed by atoms with Gasteiger partial charge in [-0.25, -0.2) is 4.98 Å². The molecule has 0 atom stereocenters. The Morgan fingerprint density at radius 1 is 1.17 bits per heavy atom. The van der Waals surface area contributed by atoms with Crippen LogP contribution in [0.25, 0.3) is 10.2 Å². The molecule has 0 radical (unpaired) electrons. The van der Waals surface area contributed by atoms with Crippen LogP contribution in [0.15, 0.2) is 42.5 Å². The van der Waals surface area contributed by atoms with Gasteiger partial charge < -0.3 is 10.6 Å². The monoisotopic (exact) mass is 359 g/mol. The topological polar surface area (TPSA) is 71.1 Å². The number of carbonyl (C=O) groups excluding carboxylic acids is 2. The van der Waals surface area contributed by atoms with E-state index in [1.54, 1.807) is 41.7 Å². The van der Waals surface area contributed by atoms with Crippen molar-refractivity contribution >= 4 is 50.7 Å². The van der Waals surface area contributed by atoms with Gasteiger partial charge in [-0.05, 0) is 49.4 Å². The van der Waals surface area contributed by atoms with Gasteiger partial charge in [0, 0.05) is 16.3 Å². The van der Waals surface area contributed by atoms with Crippen LogP contribution in [0.2, 0.25) is 5.02 Å². The number of benzene rings is 2. The highest BCUT2D eigenvalue weighted by atomic mass is 35.5. The molecular formula is C17H14ClN3O2S. The fraction of sp³-hybridized carbons (Fsp3) is 0.118. The third-order valence-corrected chi connectivity index (χ3v) is 4.48. The van der Waals surface area contributed by atoms with Crippen molar-refractivity contribution < 1.29 is 9.59 Å². The summed E-state index contributed by atoms with van der Waals surface area (Å²) < 4.78 is 1.01. The first-order chi connectivity index (χ1) is 11.5. The van der Waals surface area contributed by atoms with Gasteiger partial charge in [0.05, 0.1) is 21.8 Å². The largest absolute Gasteiger partial charge is 0.343 e. The maximum Gasteiger partial charge on any atom is 0.251 e. The molecule has 0 spiro atoms. The molecule has 122 valence electrons. The van der Waals surface area contributed by atoms with Gasteiger partial charge in [-0.3, -0.25) is 9.59 Å². The summed E-state index contributed by atoms with van der Waals surface area (Å²) in [7, 11) is 0. The lowest BCUT2D eigenvalue weighted by Gasteiger charge is -2.07. The van der Waals surface area contributed by atoms with E-state index in [-0.39, 0.29) is 18.4 Å². The van der Waals surface area contributed by atoms with E-state index in [9.17, 15) is 9.59 Å². The molecule has 2 amide bonds. The maximum atomic E-state index is 12.0. The van der Waals surface area contributed by atoms with Crippen molar-refractivity contribution in [2.45, 2.75) is 6.92 Å². The normalized spacial score (nSPS) is 10.6. The molecule has 0 saturated carbocycles. The molecule has 0 bridgehead atoms. The lowest BCUT2D eigenvalue weighted by atomic mass is 10.2. The van der Waals surface area contributed by atoms with Crippen molar-refractivity contribution in [2.24, 2.45) is 0 Å². The zero-order chi connectivity index (χ0) is 17.1. The molecule has 24 heavy (non-hydrogen) atoms. The van der Waals surface area contributed by atoms with E-state index in [1.165, 1.54) is 0 Å². The van der Waals surface area contributed by atoms with Crippen molar-refractivity contribution in [3.63, 3.8) is 0 Å². The fourth-order valence-corrected chi connectivity index (χ4v) is 3.18. The SMILES string of the molecule is Cc1nc2ccc(NC(=O)CNC(=O)c3ccc(Cl)cc3)cc2s1. The molecular weight excluding hydrogens is 346 g/mol. The lowest BCUT2D eigenvalue weighted by molar-refractivity contribution is -0.115. The lowest BCUT2D eigenvalue weighted by Crippen LogP contribution is -2.32. The van der Waals surface area contributed by atoms with Crippen molar-refractivity contribution in [1.82, 2.24) is 10.3 Å². The van der Waals surface area contributed by atoms with Crippen LogP contribution < -0.4 is 10.6 Å². The number of hydrogen-bond donors (Lipinski definition) is 2. The van der Waals surface area contributed by atoms with Crippen LogP contribution >= 0.6 is 22.9 Å². The second kappa shape index (κ2) is 6.98. The Labute approximate surface area is 147 Å². The number of carbonyl (C=O) groups is 2. The number of nitrogens with zero attached hydrogens (tertiary/aromatic N) is 1. The number of hydrogen-bond acceptors (Lipinski definition) is 4. The molecule has 2 N–H and O–H groups in total. The Bertz CT molecular complexity index is 906. The molecule has 1 aromatic heterocycles. The summed E-state index contributed by atoms with van der Waals surface area (Å²) in [6, 6.07) is 12.0. The van der Waals surface area contributed by atoms with Gasteiger partial charge in [-0.2, -0.15) is 0 Å². The minimum atomic E-state index is -0.324. The zero-order valence-electron chi connectivity index (χ0n) is 12.8. The Morgan fingerprint density at radius 3 is 2.67 bits per heavy atom. The predicted molar refractivity (Wildman–Crippen MR) is 96.8 cm³/mol. The molecule has 2 aromatic carbocycles. The standard InChI is InChI=1S/C17H14ClN3O2S/c1-10-20-14-7-6-13(8-15(14)24-10)21-16(22)9-19-17(23)11-2-4-12(18)5-3-11/h2-8H,9H2,1H3,(H,19,23)(H,21,22). The van der Waals surface area contributed by atoms with Gasteiger partial charge in [0.15, 0.2) is 0 Å². The van der Waals surface area contributed by atoms with Gasteiger partial charge in [-0.15, -0.1) is 11.3 Å².